The highest BCUT2D eigenvalue weighted by molar-refractivity contribution is 5.84. The molecule has 0 bridgehead atoms. The van der Waals surface area contributed by atoms with Gasteiger partial charge in [-0.1, -0.05) is 19.8 Å². The van der Waals surface area contributed by atoms with Gasteiger partial charge in [-0.05, 0) is 64.5 Å². The topological polar surface area (TPSA) is 60.0 Å². The molecule has 1 aliphatic heterocycles. The summed E-state index contributed by atoms with van der Waals surface area (Å²) >= 11 is 0. The summed E-state index contributed by atoms with van der Waals surface area (Å²) in [5.74, 6) is 1.94. The van der Waals surface area contributed by atoms with Gasteiger partial charge in [0.1, 0.15) is 0 Å². The van der Waals surface area contributed by atoms with E-state index in [9.17, 15) is 4.79 Å². The standard InChI is InChI=1S/C22H43N5O/c1-5-23-21(24-14-8-9-15-27-16-10-11-19(2)17-27)25-18-22(12-6-7-13-22)20(28)26(3)4/h19H,5-18H2,1-4H3,(H2,23,24,25). The van der Waals surface area contributed by atoms with Crippen LogP contribution in [0.1, 0.15) is 65.2 Å². The van der Waals surface area contributed by atoms with Crippen LogP contribution in [0.25, 0.3) is 0 Å². The second-order valence-corrected chi connectivity index (χ2v) is 9.06. The van der Waals surface area contributed by atoms with Crippen LogP contribution in [0.2, 0.25) is 0 Å². The number of nitrogens with zero attached hydrogens (tertiary/aromatic N) is 3. The van der Waals surface area contributed by atoms with Gasteiger partial charge in [0.05, 0.1) is 12.0 Å². The molecule has 1 heterocycles. The average Bonchev–Trinajstić information content (AvgIpc) is 3.15. The number of carbonyl (C=O) groups excluding carboxylic acids is 1. The minimum Gasteiger partial charge on any atom is -0.357 e. The Kier molecular flexibility index (Phi) is 9.56. The molecule has 0 spiro atoms. The summed E-state index contributed by atoms with van der Waals surface area (Å²) in [6.07, 6.45) is 9.30. The Morgan fingerprint density at radius 3 is 2.57 bits per heavy atom. The predicted octanol–water partition coefficient (Wildman–Crippen LogP) is 2.70. The van der Waals surface area contributed by atoms with Gasteiger partial charge in [0, 0.05) is 33.7 Å². The molecular weight excluding hydrogens is 350 g/mol. The molecule has 162 valence electrons. The fourth-order valence-corrected chi connectivity index (χ4v) is 4.69. The van der Waals surface area contributed by atoms with E-state index in [1.54, 1.807) is 4.90 Å². The largest absolute Gasteiger partial charge is 0.357 e. The summed E-state index contributed by atoms with van der Waals surface area (Å²) in [4.78, 5) is 21.9. The number of piperidine rings is 1. The van der Waals surface area contributed by atoms with Crippen molar-refractivity contribution in [1.29, 1.82) is 0 Å². The van der Waals surface area contributed by atoms with Gasteiger partial charge in [-0.15, -0.1) is 0 Å². The Hall–Kier alpha value is -1.30. The van der Waals surface area contributed by atoms with Gasteiger partial charge in [0.15, 0.2) is 5.96 Å². The molecule has 0 aromatic heterocycles. The lowest BCUT2D eigenvalue weighted by atomic mass is 9.85. The molecule has 1 aliphatic carbocycles. The van der Waals surface area contributed by atoms with Crippen LogP contribution in [-0.2, 0) is 4.79 Å². The lowest BCUT2D eigenvalue weighted by molar-refractivity contribution is -0.138. The molecule has 6 heteroatoms. The van der Waals surface area contributed by atoms with E-state index in [2.05, 4.69) is 29.4 Å². The molecule has 2 aliphatic rings. The summed E-state index contributed by atoms with van der Waals surface area (Å²) in [5.41, 5.74) is -0.295. The molecule has 1 amide bonds. The van der Waals surface area contributed by atoms with E-state index < -0.39 is 0 Å². The first-order valence-corrected chi connectivity index (χ1v) is 11.4. The molecule has 1 atom stereocenters. The Morgan fingerprint density at radius 2 is 1.93 bits per heavy atom. The summed E-state index contributed by atoms with van der Waals surface area (Å²) in [6.45, 7) is 10.6. The number of nitrogens with one attached hydrogen (secondary N) is 2. The van der Waals surface area contributed by atoms with Crippen LogP contribution in [0.15, 0.2) is 4.99 Å². The van der Waals surface area contributed by atoms with Crippen LogP contribution in [-0.4, -0.2) is 75.0 Å². The number of rotatable bonds is 9. The maximum Gasteiger partial charge on any atom is 0.230 e. The van der Waals surface area contributed by atoms with Crippen molar-refractivity contribution in [3.05, 3.63) is 0 Å². The zero-order valence-corrected chi connectivity index (χ0v) is 18.7. The number of hydrogen-bond acceptors (Lipinski definition) is 3. The van der Waals surface area contributed by atoms with Crippen molar-refractivity contribution in [1.82, 2.24) is 20.4 Å². The second-order valence-electron chi connectivity index (χ2n) is 9.06. The van der Waals surface area contributed by atoms with E-state index >= 15 is 0 Å². The zero-order valence-electron chi connectivity index (χ0n) is 18.7. The first-order valence-electron chi connectivity index (χ1n) is 11.4. The Morgan fingerprint density at radius 1 is 1.18 bits per heavy atom. The second kappa shape index (κ2) is 11.6. The van der Waals surface area contributed by atoms with Crippen molar-refractivity contribution < 1.29 is 4.79 Å². The number of aliphatic imine (C=N–C) groups is 1. The van der Waals surface area contributed by atoms with Crippen LogP contribution in [0.3, 0.4) is 0 Å². The Labute approximate surface area is 172 Å². The van der Waals surface area contributed by atoms with E-state index in [-0.39, 0.29) is 11.3 Å². The van der Waals surface area contributed by atoms with Gasteiger partial charge in [0.2, 0.25) is 5.91 Å². The minimum atomic E-state index is -0.295. The van der Waals surface area contributed by atoms with Crippen LogP contribution in [0.4, 0.5) is 0 Å². The molecule has 1 saturated heterocycles. The summed E-state index contributed by atoms with van der Waals surface area (Å²) in [7, 11) is 3.72. The first kappa shape index (κ1) is 23.0. The van der Waals surface area contributed by atoms with E-state index in [0.29, 0.717) is 6.54 Å². The van der Waals surface area contributed by atoms with Gasteiger partial charge in [-0.25, -0.2) is 0 Å². The quantitative estimate of drug-likeness (QED) is 0.359. The highest BCUT2D eigenvalue weighted by Crippen LogP contribution is 2.39. The average molecular weight is 394 g/mol. The third-order valence-electron chi connectivity index (χ3n) is 6.24. The van der Waals surface area contributed by atoms with Crippen molar-refractivity contribution in [2.24, 2.45) is 16.3 Å². The number of amides is 1. The van der Waals surface area contributed by atoms with Gasteiger partial charge in [-0.2, -0.15) is 0 Å². The van der Waals surface area contributed by atoms with E-state index in [4.69, 9.17) is 4.99 Å². The fraction of sp³-hybridized carbons (Fsp3) is 0.909. The van der Waals surface area contributed by atoms with Crippen molar-refractivity contribution in [2.45, 2.75) is 65.2 Å². The molecule has 28 heavy (non-hydrogen) atoms. The SMILES string of the molecule is CCNC(=NCC1(C(=O)N(C)C)CCCC1)NCCCCN1CCCC(C)C1. The van der Waals surface area contributed by atoms with Crippen LogP contribution in [0, 0.1) is 11.3 Å². The third kappa shape index (κ3) is 6.94. The number of hydrogen-bond donors (Lipinski definition) is 2. The zero-order chi connectivity index (χ0) is 20.4. The Bertz CT molecular complexity index is 499. The van der Waals surface area contributed by atoms with Crippen molar-refractivity contribution in [3.63, 3.8) is 0 Å². The molecule has 1 unspecified atom stereocenters. The number of carbonyl (C=O) groups is 1. The molecule has 6 nitrogen and oxygen atoms in total. The molecule has 1 saturated carbocycles. The lowest BCUT2D eigenvalue weighted by Gasteiger charge is -2.30. The maximum atomic E-state index is 12.7. The number of unbranched alkanes of at least 4 members (excludes halogenated alkanes) is 1. The highest BCUT2D eigenvalue weighted by atomic mass is 16.2. The summed E-state index contributed by atoms with van der Waals surface area (Å²) in [6, 6.07) is 0. The Balaban J connectivity index is 1.77. The molecule has 2 N–H and O–H groups in total. The molecule has 0 aromatic carbocycles. The van der Waals surface area contributed by atoms with Crippen molar-refractivity contribution >= 4 is 11.9 Å². The molecule has 2 fully saturated rings. The third-order valence-corrected chi connectivity index (χ3v) is 6.24. The number of likely N-dealkylation sites (tertiary alicyclic amines) is 1. The van der Waals surface area contributed by atoms with Crippen LogP contribution < -0.4 is 10.6 Å². The van der Waals surface area contributed by atoms with Gasteiger partial charge in [0.25, 0.3) is 0 Å². The van der Waals surface area contributed by atoms with E-state index in [0.717, 1.165) is 57.1 Å². The van der Waals surface area contributed by atoms with Crippen molar-refractivity contribution in [3.8, 4) is 0 Å². The van der Waals surface area contributed by atoms with E-state index in [1.807, 2.05) is 14.1 Å². The fourth-order valence-electron chi connectivity index (χ4n) is 4.69. The predicted molar refractivity (Wildman–Crippen MR) is 118 cm³/mol. The van der Waals surface area contributed by atoms with Crippen LogP contribution in [0.5, 0.6) is 0 Å². The van der Waals surface area contributed by atoms with Crippen LogP contribution >= 0.6 is 0 Å². The van der Waals surface area contributed by atoms with Gasteiger partial charge in [-0.3, -0.25) is 9.79 Å². The smallest absolute Gasteiger partial charge is 0.230 e. The molecular formula is C22H43N5O. The van der Waals surface area contributed by atoms with Gasteiger partial charge < -0.3 is 20.4 Å². The lowest BCUT2D eigenvalue weighted by Crippen LogP contribution is -2.43. The van der Waals surface area contributed by atoms with E-state index in [1.165, 1.54) is 38.9 Å². The highest BCUT2D eigenvalue weighted by Gasteiger charge is 2.42. The first-order chi connectivity index (χ1) is 13.5. The summed E-state index contributed by atoms with van der Waals surface area (Å²) < 4.78 is 0. The monoisotopic (exact) mass is 393 g/mol. The van der Waals surface area contributed by atoms with Gasteiger partial charge >= 0.3 is 0 Å². The minimum absolute atomic E-state index is 0.236. The van der Waals surface area contributed by atoms with Crippen molar-refractivity contribution in [2.75, 3.05) is 53.4 Å². The molecule has 2 rings (SSSR count). The number of guanidine groups is 1. The normalized spacial score (nSPS) is 22.9. The summed E-state index contributed by atoms with van der Waals surface area (Å²) in [5, 5.41) is 6.81. The molecule has 0 radical (unpaired) electrons. The molecule has 0 aromatic rings. The maximum absolute atomic E-state index is 12.7.